The van der Waals surface area contributed by atoms with Crippen LogP contribution in [0.3, 0.4) is 0 Å². The quantitative estimate of drug-likeness (QED) is 0.611. The van der Waals surface area contributed by atoms with E-state index in [0.29, 0.717) is 17.2 Å². The number of nitrogens with two attached hydrogens (primary N) is 2. The molecular formula is C7H10N4S. The maximum absolute atomic E-state index is 5.60. The monoisotopic (exact) mass is 182 g/mol. The van der Waals surface area contributed by atoms with E-state index in [1.54, 1.807) is 13.8 Å². The fraction of sp³-hybridized carbons (Fsp3) is 0.286. The topological polar surface area (TPSA) is 77.8 Å². The third-order valence-corrected chi connectivity index (χ3v) is 1.68. The van der Waals surface area contributed by atoms with Crippen LogP contribution < -0.4 is 11.5 Å². The zero-order chi connectivity index (χ0) is 9.30. The molecule has 1 rings (SSSR count). The van der Waals surface area contributed by atoms with Gasteiger partial charge in [-0.1, -0.05) is 12.2 Å². The smallest absolute Gasteiger partial charge is 0.137 e. The molecule has 0 unspecified atom stereocenters. The molecule has 0 aromatic carbocycles. The SMILES string of the molecule is Cc1nc(C)c(C(N)=S)c(N)n1. The summed E-state index contributed by atoms with van der Waals surface area (Å²) < 4.78 is 0. The van der Waals surface area contributed by atoms with Gasteiger partial charge in [0, 0.05) is 0 Å². The molecule has 0 bridgehead atoms. The summed E-state index contributed by atoms with van der Waals surface area (Å²) in [7, 11) is 0. The fourth-order valence-electron chi connectivity index (χ4n) is 1.04. The standard InChI is InChI=1S/C7H10N4S/c1-3-5(7(9)12)6(8)11-4(2)10-3/h1-2H3,(H2,9,12)(H2,8,10,11). The number of nitrogens with zero attached hydrogens (tertiary/aromatic N) is 2. The number of hydrogen-bond acceptors (Lipinski definition) is 4. The van der Waals surface area contributed by atoms with Crippen LogP contribution in [0.1, 0.15) is 17.1 Å². The Morgan fingerprint density at radius 3 is 2.33 bits per heavy atom. The van der Waals surface area contributed by atoms with E-state index in [4.69, 9.17) is 23.7 Å². The lowest BCUT2D eigenvalue weighted by Gasteiger charge is -2.06. The zero-order valence-electron chi connectivity index (χ0n) is 6.96. The molecule has 4 N–H and O–H groups in total. The van der Waals surface area contributed by atoms with E-state index in [1.807, 2.05) is 0 Å². The average molecular weight is 182 g/mol. The van der Waals surface area contributed by atoms with Crippen molar-refractivity contribution in [2.24, 2.45) is 5.73 Å². The largest absolute Gasteiger partial charge is 0.389 e. The van der Waals surface area contributed by atoms with Crippen LogP contribution in [0.4, 0.5) is 5.82 Å². The van der Waals surface area contributed by atoms with Gasteiger partial charge in [-0.25, -0.2) is 9.97 Å². The lowest BCUT2D eigenvalue weighted by atomic mass is 10.2. The van der Waals surface area contributed by atoms with Gasteiger partial charge in [0.05, 0.1) is 11.3 Å². The van der Waals surface area contributed by atoms with Crippen molar-refractivity contribution in [1.82, 2.24) is 9.97 Å². The first-order chi connectivity index (χ1) is 5.52. The second kappa shape index (κ2) is 3.02. The number of hydrogen-bond donors (Lipinski definition) is 2. The summed E-state index contributed by atoms with van der Waals surface area (Å²) in [6.45, 7) is 3.58. The van der Waals surface area contributed by atoms with Gasteiger partial charge in [-0.15, -0.1) is 0 Å². The molecule has 64 valence electrons. The van der Waals surface area contributed by atoms with E-state index in [0.717, 1.165) is 5.69 Å². The summed E-state index contributed by atoms with van der Waals surface area (Å²) in [6, 6.07) is 0. The van der Waals surface area contributed by atoms with E-state index in [2.05, 4.69) is 9.97 Å². The predicted octanol–water partition coefficient (Wildman–Crippen LogP) is 0.310. The van der Waals surface area contributed by atoms with Gasteiger partial charge in [0.15, 0.2) is 0 Å². The van der Waals surface area contributed by atoms with Crippen molar-refractivity contribution >= 4 is 23.0 Å². The van der Waals surface area contributed by atoms with Crippen molar-refractivity contribution in [3.8, 4) is 0 Å². The minimum absolute atomic E-state index is 0.241. The number of thiocarbonyl (C=S) groups is 1. The Morgan fingerprint density at radius 1 is 1.33 bits per heavy atom. The Labute approximate surface area is 76.0 Å². The van der Waals surface area contributed by atoms with Crippen molar-refractivity contribution in [3.05, 3.63) is 17.1 Å². The number of aromatic nitrogens is 2. The first-order valence-corrected chi connectivity index (χ1v) is 3.83. The van der Waals surface area contributed by atoms with Gasteiger partial charge >= 0.3 is 0 Å². The Balaban J connectivity index is 3.38. The van der Waals surface area contributed by atoms with Gasteiger partial charge in [-0.2, -0.15) is 0 Å². The van der Waals surface area contributed by atoms with Gasteiger partial charge in [-0.05, 0) is 13.8 Å². The Bertz CT molecular complexity index is 311. The molecule has 12 heavy (non-hydrogen) atoms. The molecular weight excluding hydrogens is 172 g/mol. The molecule has 0 atom stereocenters. The van der Waals surface area contributed by atoms with Gasteiger partial charge in [-0.3, -0.25) is 0 Å². The van der Waals surface area contributed by atoms with E-state index in [-0.39, 0.29) is 4.99 Å². The number of anilines is 1. The third-order valence-electron chi connectivity index (χ3n) is 1.48. The number of aryl methyl sites for hydroxylation is 2. The highest BCUT2D eigenvalue weighted by Crippen LogP contribution is 2.11. The van der Waals surface area contributed by atoms with Crippen LogP contribution in [0, 0.1) is 13.8 Å². The molecule has 0 amide bonds. The highest BCUT2D eigenvalue weighted by Gasteiger charge is 2.08. The van der Waals surface area contributed by atoms with Gasteiger partial charge < -0.3 is 11.5 Å². The molecule has 1 aromatic rings. The second-order valence-corrected chi connectivity index (χ2v) is 2.92. The predicted molar refractivity (Wildman–Crippen MR) is 51.8 cm³/mol. The Morgan fingerprint density at radius 2 is 1.92 bits per heavy atom. The van der Waals surface area contributed by atoms with Crippen molar-refractivity contribution in [2.75, 3.05) is 5.73 Å². The summed E-state index contributed by atoms with van der Waals surface area (Å²) in [5.74, 6) is 0.984. The van der Waals surface area contributed by atoms with E-state index < -0.39 is 0 Å². The molecule has 0 radical (unpaired) electrons. The highest BCUT2D eigenvalue weighted by molar-refractivity contribution is 7.80. The zero-order valence-corrected chi connectivity index (χ0v) is 7.77. The van der Waals surface area contributed by atoms with Crippen LogP contribution in [-0.4, -0.2) is 15.0 Å². The molecule has 0 aliphatic carbocycles. The van der Waals surface area contributed by atoms with Crippen molar-refractivity contribution in [2.45, 2.75) is 13.8 Å². The van der Waals surface area contributed by atoms with Crippen LogP contribution in [0.15, 0.2) is 0 Å². The van der Waals surface area contributed by atoms with E-state index >= 15 is 0 Å². The first kappa shape index (κ1) is 8.86. The molecule has 0 spiro atoms. The van der Waals surface area contributed by atoms with Crippen LogP contribution in [0.5, 0.6) is 0 Å². The molecule has 0 aliphatic heterocycles. The lowest BCUT2D eigenvalue weighted by Crippen LogP contribution is -2.16. The van der Waals surface area contributed by atoms with Crippen molar-refractivity contribution < 1.29 is 0 Å². The molecule has 1 aromatic heterocycles. The Hall–Kier alpha value is -1.23. The maximum atomic E-state index is 5.60. The summed E-state index contributed by atoms with van der Waals surface area (Å²) in [6.07, 6.45) is 0. The van der Waals surface area contributed by atoms with Crippen molar-refractivity contribution in [1.29, 1.82) is 0 Å². The molecule has 0 fully saturated rings. The molecule has 4 nitrogen and oxygen atoms in total. The van der Waals surface area contributed by atoms with Gasteiger partial charge in [0.1, 0.15) is 16.6 Å². The van der Waals surface area contributed by atoms with Gasteiger partial charge in [0.2, 0.25) is 0 Å². The minimum atomic E-state index is 0.241. The lowest BCUT2D eigenvalue weighted by molar-refractivity contribution is 1.01. The average Bonchev–Trinajstić information content (AvgIpc) is 1.82. The first-order valence-electron chi connectivity index (χ1n) is 3.43. The molecule has 0 saturated heterocycles. The molecule has 1 heterocycles. The molecule has 0 saturated carbocycles. The Kier molecular flexibility index (Phi) is 2.23. The summed E-state index contributed by atoms with van der Waals surface area (Å²) >= 11 is 4.80. The summed E-state index contributed by atoms with van der Waals surface area (Å²) in [4.78, 5) is 8.29. The normalized spacial score (nSPS) is 9.83. The minimum Gasteiger partial charge on any atom is -0.389 e. The van der Waals surface area contributed by atoms with E-state index in [9.17, 15) is 0 Å². The highest BCUT2D eigenvalue weighted by atomic mass is 32.1. The van der Waals surface area contributed by atoms with Crippen LogP contribution in [-0.2, 0) is 0 Å². The second-order valence-electron chi connectivity index (χ2n) is 2.48. The molecule has 5 heteroatoms. The van der Waals surface area contributed by atoms with Crippen LogP contribution in [0.2, 0.25) is 0 Å². The van der Waals surface area contributed by atoms with Crippen LogP contribution >= 0.6 is 12.2 Å². The number of nitrogen functional groups attached to an aromatic ring is 1. The van der Waals surface area contributed by atoms with Crippen LogP contribution in [0.25, 0.3) is 0 Å². The van der Waals surface area contributed by atoms with E-state index in [1.165, 1.54) is 0 Å². The summed E-state index contributed by atoms with van der Waals surface area (Å²) in [5, 5.41) is 0. The third kappa shape index (κ3) is 1.50. The molecule has 0 aliphatic rings. The maximum Gasteiger partial charge on any atom is 0.137 e. The summed E-state index contributed by atoms with van der Waals surface area (Å²) in [5.41, 5.74) is 12.3. The fourth-order valence-corrected chi connectivity index (χ4v) is 1.30. The van der Waals surface area contributed by atoms with Gasteiger partial charge in [0.25, 0.3) is 0 Å². The number of rotatable bonds is 1. The van der Waals surface area contributed by atoms with Crippen molar-refractivity contribution in [3.63, 3.8) is 0 Å².